The largest absolute Gasteiger partial charge is 0.507 e. The van der Waals surface area contributed by atoms with E-state index in [4.69, 9.17) is 14.8 Å². The van der Waals surface area contributed by atoms with Crippen LogP contribution in [-0.2, 0) is 11.2 Å². The fraction of sp³-hybridized carbons (Fsp3) is 0.545. The van der Waals surface area contributed by atoms with Crippen molar-refractivity contribution in [1.29, 1.82) is 0 Å². The molecule has 2 saturated heterocycles. The van der Waals surface area contributed by atoms with Crippen molar-refractivity contribution in [3.8, 4) is 11.5 Å². The van der Waals surface area contributed by atoms with Gasteiger partial charge in [0.15, 0.2) is 0 Å². The lowest BCUT2D eigenvalue weighted by Gasteiger charge is -2.39. The van der Waals surface area contributed by atoms with Crippen molar-refractivity contribution < 1.29 is 34.6 Å². The van der Waals surface area contributed by atoms with E-state index in [0.29, 0.717) is 25.1 Å². The van der Waals surface area contributed by atoms with Gasteiger partial charge in [-0.25, -0.2) is 4.79 Å². The molecule has 180 valence electrons. The molecular formula is C22H32BN3O7. The van der Waals surface area contributed by atoms with Gasteiger partial charge in [0.05, 0.1) is 13.1 Å². The average Bonchev–Trinajstić information content (AvgIpc) is 3.16. The molecule has 5 N–H and O–H groups in total. The van der Waals surface area contributed by atoms with Crippen LogP contribution in [0.3, 0.4) is 0 Å². The smallest absolute Gasteiger partial charge is 0.451 e. The number of hydrogen-bond donors (Lipinski definition) is 5. The molecule has 1 amide bonds. The molecule has 2 aliphatic rings. The highest BCUT2D eigenvalue weighted by molar-refractivity contribution is 6.41. The van der Waals surface area contributed by atoms with Crippen LogP contribution in [0.4, 0.5) is 0 Å². The van der Waals surface area contributed by atoms with Crippen LogP contribution in [0.1, 0.15) is 28.8 Å². The second kappa shape index (κ2) is 10.5. The van der Waals surface area contributed by atoms with E-state index < -0.39 is 18.8 Å². The summed E-state index contributed by atoms with van der Waals surface area (Å²) in [6.45, 7) is 5.55. The number of likely N-dealkylation sites (N-methyl/N-ethyl adjacent to an activating group) is 1. The Morgan fingerprint density at radius 1 is 1.30 bits per heavy atom. The molecule has 1 unspecified atom stereocenters. The quantitative estimate of drug-likeness (QED) is 0.308. The highest BCUT2D eigenvalue weighted by atomic mass is 16.5. The first-order valence-corrected chi connectivity index (χ1v) is 11.0. The van der Waals surface area contributed by atoms with Crippen LogP contribution in [-0.4, -0.2) is 94.9 Å². The van der Waals surface area contributed by atoms with Gasteiger partial charge in [0.25, 0.3) is 0 Å². The molecule has 0 spiro atoms. The second-order valence-electron chi connectivity index (χ2n) is 8.96. The lowest BCUT2D eigenvalue weighted by atomic mass is 9.82. The van der Waals surface area contributed by atoms with Gasteiger partial charge >= 0.3 is 13.1 Å². The summed E-state index contributed by atoms with van der Waals surface area (Å²) in [4.78, 5) is 28.0. The molecule has 10 nitrogen and oxygen atoms in total. The normalized spacial score (nSPS) is 20.3. The highest BCUT2D eigenvalue weighted by Gasteiger charge is 2.36. The summed E-state index contributed by atoms with van der Waals surface area (Å²) in [7, 11) is 2.35. The molecular weight excluding hydrogens is 429 g/mol. The van der Waals surface area contributed by atoms with E-state index in [0.717, 1.165) is 18.7 Å². The van der Waals surface area contributed by atoms with Crippen LogP contribution < -0.4 is 10.1 Å². The summed E-state index contributed by atoms with van der Waals surface area (Å²) < 4.78 is 5.77. The predicted octanol–water partition coefficient (Wildman–Crippen LogP) is 0.139. The van der Waals surface area contributed by atoms with Crippen LogP contribution in [0.5, 0.6) is 11.5 Å². The fourth-order valence-electron chi connectivity index (χ4n) is 4.21. The lowest BCUT2D eigenvalue weighted by molar-refractivity contribution is -0.140. The van der Waals surface area contributed by atoms with E-state index in [-0.39, 0.29) is 48.0 Å². The number of hydrogen-bond acceptors (Lipinski definition) is 8. The number of aryl methyl sites for hydroxylation is 1. The first-order valence-electron chi connectivity index (χ1n) is 11.0. The summed E-state index contributed by atoms with van der Waals surface area (Å²) in [6, 6.07) is 3.14. The lowest BCUT2D eigenvalue weighted by Crippen LogP contribution is -2.56. The van der Waals surface area contributed by atoms with Crippen LogP contribution in [0, 0.1) is 5.92 Å². The Labute approximate surface area is 193 Å². The minimum Gasteiger partial charge on any atom is -0.507 e. The molecule has 33 heavy (non-hydrogen) atoms. The van der Waals surface area contributed by atoms with Crippen LogP contribution >= 0.6 is 0 Å². The number of phenols is 1. The first-order chi connectivity index (χ1) is 15.6. The summed E-state index contributed by atoms with van der Waals surface area (Å²) in [5, 5.41) is 41.3. The number of amides is 1. The Morgan fingerprint density at radius 2 is 2.00 bits per heavy atom. The van der Waals surface area contributed by atoms with Gasteiger partial charge in [-0.2, -0.15) is 0 Å². The highest BCUT2D eigenvalue weighted by Crippen LogP contribution is 2.34. The maximum atomic E-state index is 12.6. The number of likely N-dealkylation sites (tertiary alicyclic amines) is 1. The Bertz CT molecular complexity index is 902. The Hall–Kier alpha value is -2.76. The molecule has 11 heteroatoms. The van der Waals surface area contributed by atoms with E-state index in [1.807, 2.05) is 19.0 Å². The van der Waals surface area contributed by atoms with Crippen molar-refractivity contribution in [1.82, 2.24) is 15.1 Å². The molecule has 0 aromatic heterocycles. The summed E-state index contributed by atoms with van der Waals surface area (Å²) in [5.74, 6) is -1.49. The standard InChI is InChI=1S/C22H32BN3O7/c1-13(25(2)3)17-8-14(10-24-17)9-19(27)26-11-16(12-26)33-18-5-4-15(6-7-23(31)32)21(28)20(18)22(29)30/h4-5,14,16-17,24,28,31-32H,1,6-12H2,2-3H3,(H,29,30)/t14-,17?/m0/s1. The van der Waals surface area contributed by atoms with E-state index in [2.05, 4.69) is 11.9 Å². The van der Waals surface area contributed by atoms with Gasteiger partial charge in [0.1, 0.15) is 23.2 Å². The number of nitrogens with one attached hydrogen (secondary N) is 1. The maximum absolute atomic E-state index is 12.6. The van der Waals surface area contributed by atoms with E-state index >= 15 is 0 Å². The molecule has 1 aromatic carbocycles. The first kappa shape index (κ1) is 24.9. The minimum absolute atomic E-state index is 0.0235. The molecule has 0 radical (unpaired) electrons. The number of aromatic carboxylic acids is 1. The number of rotatable bonds is 10. The third-order valence-electron chi connectivity index (χ3n) is 6.27. The van der Waals surface area contributed by atoms with Crippen LogP contribution in [0.25, 0.3) is 0 Å². The molecule has 2 fully saturated rings. The second-order valence-corrected chi connectivity index (χ2v) is 8.96. The van der Waals surface area contributed by atoms with E-state index in [1.165, 1.54) is 12.1 Å². The van der Waals surface area contributed by atoms with Gasteiger partial charge in [0, 0.05) is 32.3 Å². The monoisotopic (exact) mass is 461 g/mol. The molecule has 0 aliphatic carbocycles. The van der Waals surface area contributed by atoms with Crippen molar-refractivity contribution in [2.24, 2.45) is 5.92 Å². The number of carbonyl (C=O) groups excluding carboxylic acids is 1. The Balaban J connectivity index is 1.52. The number of ether oxygens (including phenoxy) is 1. The van der Waals surface area contributed by atoms with Crippen LogP contribution in [0.2, 0.25) is 6.32 Å². The summed E-state index contributed by atoms with van der Waals surface area (Å²) in [6.07, 6.45) is 1.00. The van der Waals surface area contributed by atoms with Gasteiger partial charge in [-0.05, 0) is 43.3 Å². The van der Waals surface area contributed by atoms with E-state index in [1.54, 1.807) is 4.90 Å². The molecule has 2 aliphatic heterocycles. The summed E-state index contributed by atoms with van der Waals surface area (Å²) in [5.41, 5.74) is 0.922. The molecule has 3 rings (SSSR count). The zero-order chi connectivity index (χ0) is 24.3. The Morgan fingerprint density at radius 3 is 2.61 bits per heavy atom. The van der Waals surface area contributed by atoms with Crippen molar-refractivity contribution in [2.75, 3.05) is 33.7 Å². The minimum atomic E-state index is -1.55. The third kappa shape index (κ3) is 5.98. The fourth-order valence-corrected chi connectivity index (χ4v) is 4.21. The van der Waals surface area contributed by atoms with Crippen molar-refractivity contribution >= 4 is 19.0 Å². The SMILES string of the molecule is C=C(C1C[C@@H](CC(=O)N2CC(Oc3ccc(CCB(O)O)c(O)c3C(=O)O)C2)CN1)N(C)C. The maximum Gasteiger partial charge on any atom is 0.451 e. The number of carbonyl (C=O) groups is 2. The number of carboxylic acid groups (broad SMARTS) is 1. The molecule has 0 bridgehead atoms. The number of aromatic hydroxyl groups is 1. The average molecular weight is 461 g/mol. The van der Waals surface area contributed by atoms with E-state index in [9.17, 15) is 19.8 Å². The summed E-state index contributed by atoms with van der Waals surface area (Å²) >= 11 is 0. The zero-order valence-corrected chi connectivity index (χ0v) is 19.0. The van der Waals surface area contributed by atoms with Crippen molar-refractivity contribution in [3.05, 3.63) is 35.5 Å². The molecule has 2 heterocycles. The topological polar surface area (TPSA) is 143 Å². The number of nitrogens with zero attached hydrogens (tertiary/aromatic N) is 2. The number of benzene rings is 1. The van der Waals surface area contributed by atoms with Gasteiger partial charge in [-0.1, -0.05) is 12.6 Å². The van der Waals surface area contributed by atoms with Crippen molar-refractivity contribution in [3.63, 3.8) is 0 Å². The van der Waals surface area contributed by atoms with Gasteiger partial charge in [0.2, 0.25) is 5.91 Å². The molecule has 0 saturated carbocycles. The predicted molar refractivity (Wildman–Crippen MR) is 122 cm³/mol. The molecule has 1 aromatic rings. The number of carboxylic acids is 1. The third-order valence-corrected chi connectivity index (χ3v) is 6.27. The zero-order valence-electron chi connectivity index (χ0n) is 19.0. The van der Waals surface area contributed by atoms with Gasteiger partial charge < -0.3 is 40.1 Å². The van der Waals surface area contributed by atoms with Gasteiger partial charge in [-0.3, -0.25) is 4.79 Å². The Kier molecular flexibility index (Phi) is 7.88. The molecule has 2 atom stereocenters. The van der Waals surface area contributed by atoms with Crippen LogP contribution in [0.15, 0.2) is 24.4 Å². The van der Waals surface area contributed by atoms with Gasteiger partial charge in [-0.15, -0.1) is 0 Å². The van der Waals surface area contributed by atoms with Crippen molar-refractivity contribution in [2.45, 2.75) is 37.7 Å².